The number of hydrogen-bond acceptors (Lipinski definition) is 8. The molecule has 1 aromatic rings. The fourth-order valence-electron chi connectivity index (χ4n) is 2.72. The van der Waals surface area contributed by atoms with Crippen molar-refractivity contribution in [2.75, 3.05) is 13.1 Å². The smallest absolute Gasteiger partial charge is 0.313 e. The van der Waals surface area contributed by atoms with E-state index >= 15 is 0 Å². The number of carbonyl (C=O) groups is 2. The summed E-state index contributed by atoms with van der Waals surface area (Å²) in [6, 6.07) is 8.45. The van der Waals surface area contributed by atoms with Crippen molar-refractivity contribution in [3.8, 4) is 0 Å². The quantitative estimate of drug-likeness (QED) is 0.191. The van der Waals surface area contributed by atoms with Crippen molar-refractivity contribution in [3.05, 3.63) is 35.4 Å². The van der Waals surface area contributed by atoms with Crippen LogP contribution in [0.25, 0.3) is 0 Å². The van der Waals surface area contributed by atoms with E-state index in [4.69, 9.17) is 10.5 Å². The van der Waals surface area contributed by atoms with E-state index in [0.29, 0.717) is 0 Å². The minimum Gasteiger partial charge on any atom is -0.313 e. The molecule has 0 aromatic heterocycles. The molecule has 0 saturated carbocycles. The molecular weight excluding hydrogens is 364 g/mol. The van der Waals surface area contributed by atoms with Crippen LogP contribution in [-0.2, 0) is 32.5 Å². The van der Waals surface area contributed by atoms with Crippen LogP contribution in [0.15, 0.2) is 24.3 Å². The van der Waals surface area contributed by atoms with Gasteiger partial charge >= 0.3 is 11.9 Å². The highest BCUT2D eigenvalue weighted by atomic mass is 17.1. The van der Waals surface area contributed by atoms with Gasteiger partial charge in [0, 0.05) is 25.9 Å². The van der Waals surface area contributed by atoms with Crippen molar-refractivity contribution in [2.45, 2.75) is 64.5 Å². The van der Waals surface area contributed by atoms with Gasteiger partial charge in [-0.2, -0.15) is 10.5 Å². The van der Waals surface area contributed by atoms with Gasteiger partial charge in [0.15, 0.2) is 0 Å². The Morgan fingerprint density at radius 2 is 1.07 bits per heavy atom. The van der Waals surface area contributed by atoms with Gasteiger partial charge in [-0.15, -0.1) is 0 Å². The van der Waals surface area contributed by atoms with E-state index < -0.39 is 11.9 Å². The molecule has 1 aromatic carbocycles. The first-order valence-electron chi connectivity index (χ1n) is 9.83. The van der Waals surface area contributed by atoms with Crippen LogP contribution in [-0.4, -0.2) is 35.5 Å². The molecule has 0 bridgehead atoms. The van der Waals surface area contributed by atoms with Gasteiger partial charge in [0.1, 0.15) is 0 Å². The summed E-state index contributed by atoms with van der Waals surface area (Å²) in [6.07, 6.45) is 5.73. The van der Waals surface area contributed by atoms with Gasteiger partial charge in [-0.05, 0) is 49.9 Å². The predicted molar refractivity (Wildman–Crippen MR) is 104 cm³/mol. The average molecular weight is 396 g/mol. The molecule has 0 aliphatic rings. The lowest BCUT2D eigenvalue weighted by Crippen LogP contribution is -2.16. The lowest BCUT2D eigenvalue weighted by molar-refractivity contribution is -0.234. The summed E-state index contributed by atoms with van der Waals surface area (Å²) in [5, 5.41) is 23.1. The van der Waals surface area contributed by atoms with Gasteiger partial charge in [0.25, 0.3) is 0 Å². The Morgan fingerprint density at radius 1 is 0.679 bits per heavy atom. The molecule has 0 aliphatic heterocycles. The van der Waals surface area contributed by atoms with Gasteiger partial charge in [-0.3, -0.25) is 0 Å². The molecule has 28 heavy (non-hydrogen) atoms. The molecule has 0 aliphatic carbocycles. The summed E-state index contributed by atoms with van der Waals surface area (Å²) >= 11 is 0. The zero-order chi connectivity index (χ0) is 20.5. The van der Waals surface area contributed by atoms with Crippen LogP contribution < -0.4 is 10.6 Å². The van der Waals surface area contributed by atoms with Crippen LogP contribution in [0.5, 0.6) is 0 Å². The number of hydrogen-bond donors (Lipinski definition) is 4. The highest BCUT2D eigenvalue weighted by Crippen LogP contribution is 2.06. The molecule has 4 N–H and O–H groups in total. The summed E-state index contributed by atoms with van der Waals surface area (Å²) in [6.45, 7) is 3.38. The van der Waals surface area contributed by atoms with E-state index in [-0.39, 0.29) is 12.8 Å². The van der Waals surface area contributed by atoms with Crippen molar-refractivity contribution in [1.82, 2.24) is 10.6 Å². The molecule has 0 spiro atoms. The molecule has 0 radical (unpaired) electrons. The highest BCUT2D eigenvalue weighted by molar-refractivity contribution is 5.68. The summed E-state index contributed by atoms with van der Waals surface area (Å²) in [7, 11) is 0. The lowest BCUT2D eigenvalue weighted by atomic mass is 10.1. The third-order valence-electron chi connectivity index (χ3n) is 4.35. The Kier molecular flexibility index (Phi) is 13.7. The SMILES string of the molecule is O=C(CCCCCNCc1ccc(CNCCCCCC(=O)OO)cc1)OO. The van der Waals surface area contributed by atoms with E-state index in [1.54, 1.807) is 0 Å². The monoisotopic (exact) mass is 396 g/mol. The normalized spacial score (nSPS) is 10.6. The Morgan fingerprint density at radius 3 is 1.43 bits per heavy atom. The van der Waals surface area contributed by atoms with E-state index in [1.165, 1.54) is 11.1 Å². The number of nitrogens with one attached hydrogen (secondary N) is 2. The first-order valence-corrected chi connectivity index (χ1v) is 9.83. The maximum Gasteiger partial charge on any atom is 0.342 e. The third-order valence-corrected chi connectivity index (χ3v) is 4.35. The van der Waals surface area contributed by atoms with E-state index in [2.05, 4.69) is 44.7 Å². The fraction of sp³-hybridized carbons (Fsp3) is 0.600. The average Bonchev–Trinajstić information content (AvgIpc) is 2.72. The van der Waals surface area contributed by atoms with Gasteiger partial charge in [0.05, 0.1) is 0 Å². The Labute approximate surface area is 166 Å². The minimum atomic E-state index is -0.577. The maximum atomic E-state index is 10.8. The van der Waals surface area contributed by atoms with Crippen molar-refractivity contribution in [2.24, 2.45) is 0 Å². The fourth-order valence-corrected chi connectivity index (χ4v) is 2.72. The van der Waals surface area contributed by atoms with Gasteiger partial charge in [-0.25, -0.2) is 9.59 Å². The van der Waals surface area contributed by atoms with Gasteiger partial charge in [-0.1, -0.05) is 37.1 Å². The second-order valence-electron chi connectivity index (χ2n) is 6.72. The van der Waals surface area contributed by atoms with Crippen LogP contribution >= 0.6 is 0 Å². The molecule has 1 rings (SSSR count). The molecule has 8 nitrogen and oxygen atoms in total. The van der Waals surface area contributed by atoms with E-state index in [9.17, 15) is 9.59 Å². The number of unbranched alkanes of at least 4 members (excludes halogenated alkanes) is 4. The van der Waals surface area contributed by atoms with Crippen LogP contribution in [0.3, 0.4) is 0 Å². The highest BCUT2D eigenvalue weighted by Gasteiger charge is 2.02. The molecule has 0 atom stereocenters. The number of carbonyl (C=O) groups excluding carboxylic acids is 2. The van der Waals surface area contributed by atoms with Crippen LogP contribution in [0, 0.1) is 0 Å². The summed E-state index contributed by atoms with van der Waals surface area (Å²) in [5.74, 6) is -1.15. The molecule has 0 saturated heterocycles. The van der Waals surface area contributed by atoms with Crippen molar-refractivity contribution in [1.29, 1.82) is 0 Å². The van der Waals surface area contributed by atoms with Crippen LogP contribution in [0.4, 0.5) is 0 Å². The lowest BCUT2D eigenvalue weighted by Gasteiger charge is -2.08. The molecule has 0 unspecified atom stereocenters. The molecular formula is C20H32N2O6. The van der Waals surface area contributed by atoms with Gasteiger partial charge < -0.3 is 20.4 Å². The summed E-state index contributed by atoms with van der Waals surface area (Å²) < 4.78 is 0. The first-order chi connectivity index (χ1) is 13.7. The first kappa shape index (κ1) is 24.0. The summed E-state index contributed by atoms with van der Waals surface area (Å²) in [5.41, 5.74) is 2.45. The largest absolute Gasteiger partial charge is 0.342 e. The summed E-state index contributed by atoms with van der Waals surface area (Å²) in [4.78, 5) is 28.8. The Hall–Kier alpha value is -2.00. The van der Waals surface area contributed by atoms with Gasteiger partial charge in [0.2, 0.25) is 0 Å². The predicted octanol–water partition coefficient (Wildman–Crippen LogP) is 3.02. The molecule has 158 valence electrons. The van der Waals surface area contributed by atoms with E-state index in [1.807, 2.05) is 0 Å². The second kappa shape index (κ2) is 16.0. The zero-order valence-electron chi connectivity index (χ0n) is 16.3. The minimum absolute atomic E-state index is 0.254. The second-order valence-corrected chi connectivity index (χ2v) is 6.72. The molecule has 0 amide bonds. The van der Waals surface area contributed by atoms with Crippen molar-refractivity contribution >= 4 is 11.9 Å². The van der Waals surface area contributed by atoms with E-state index in [0.717, 1.165) is 64.7 Å². The standard InChI is InChI=1S/C20H32N2O6/c23-19(27-25)7-3-1-5-13-21-15-17-9-11-18(12-10-17)16-22-14-6-2-4-8-20(24)28-26/h9-12,21-22,25-26H,1-8,13-16H2. The third kappa shape index (κ3) is 12.4. The Bertz CT molecular complexity index is 501. The molecule has 0 fully saturated rings. The topological polar surface area (TPSA) is 117 Å². The Balaban J connectivity index is 2.01. The maximum absolute atomic E-state index is 10.8. The number of rotatable bonds is 16. The zero-order valence-corrected chi connectivity index (χ0v) is 16.3. The van der Waals surface area contributed by atoms with Crippen molar-refractivity contribution < 1.29 is 29.9 Å². The molecule has 0 heterocycles. The molecule has 8 heteroatoms. The van der Waals surface area contributed by atoms with Crippen LogP contribution in [0.2, 0.25) is 0 Å². The number of benzene rings is 1. The van der Waals surface area contributed by atoms with Crippen molar-refractivity contribution in [3.63, 3.8) is 0 Å². The van der Waals surface area contributed by atoms with Crippen LogP contribution in [0.1, 0.15) is 62.5 Å².